The van der Waals surface area contributed by atoms with Gasteiger partial charge in [-0.25, -0.2) is 0 Å². The number of hydrogen-bond donors (Lipinski definition) is 1. The molecule has 0 spiro atoms. The lowest BCUT2D eigenvalue weighted by molar-refractivity contribution is 1.31. The Hall–Kier alpha value is -2.31. The van der Waals surface area contributed by atoms with E-state index in [1.807, 2.05) is 19.1 Å². The van der Waals surface area contributed by atoms with Crippen LogP contribution in [0.3, 0.4) is 0 Å². The third kappa shape index (κ3) is 2.59. The molecule has 0 amide bonds. The van der Waals surface area contributed by atoms with Gasteiger partial charge in [0, 0.05) is 28.5 Å². The number of pyridine rings is 1. The largest absolute Gasteiger partial charge is 0.397 e. The number of benzene rings is 1. The van der Waals surface area contributed by atoms with Gasteiger partial charge in [0.1, 0.15) is 6.07 Å². The van der Waals surface area contributed by atoms with Crippen LogP contribution in [0.1, 0.15) is 16.7 Å². The number of aromatic nitrogens is 1. The first-order chi connectivity index (χ1) is 9.15. The van der Waals surface area contributed by atoms with Gasteiger partial charge in [0.2, 0.25) is 0 Å². The van der Waals surface area contributed by atoms with Gasteiger partial charge in [0.25, 0.3) is 0 Å². The lowest BCUT2D eigenvalue weighted by atomic mass is 9.99. The number of nitriles is 1. The first-order valence-corrected chi connectivity index (χ1v) is 6.08. The van der Waals surface area contributed by atoms with Crippen molar-refractivity contribution in [2.45, 2.75) is 6.92 Å². The lowest BCUT2D eigenvalue weighted by Gasteiger charge is -2.10. The first kappa shape index (κ1) is 13.1. The van der Waals surface area contributed by atoms with Crippen LogP contribution in [0.25, 0.3) is 11.3 Å². The van der Waals surface area contributed by atoms with Gasteiger partial charge < -0.3 is 5.73 Å². The van der Waals surface area contributed by atoms with Crippen LogP contribution in [-0.2, 0) is 0 Å². The Balaban J connectivity index is 2.63. The summed E-state index contributed by atoms with van der Waals surface area (Å²) in [5.41, 5.74) is 9.26. The molecule has 19 heavy (non-hydrogen) atoms. The number of hydrogen-bond acceptors (Lipinski definition) is 3. The Morgan fingerprint density at radius 2 is 2.11 bits per heavy atom. The summed E-state index contributed by atoms with van der Waals surface area (Å²) in [5, 5.41) is 9.95. The maximum Gasteiger partial charge on any atom is 0.102 e. The molecular formula is C15H12ClN3. The summed E-state index contributed by atoms with van der Waals surface area (Å²) in [6, 6.07) is 11.2. The Morgan fingerprint density at radius 1 is 1.32 bits per heavy atom. The van der Waals surface area contributed by atoms with Gasteiger partial charge in [0.15, 0.2) is 0 Å². The highest BCUT2D eigenvalue weighted by Gasteiger charge is 2.11. The van der Waals surface area contributed by atoms with E-state index in [1.54, 1.807) is 30.6 Å². The van der Waals surface area contributed by atoms with Crippen LogP contribution in [0, 0.1) is 18.3 Å². The van der Waals surface area contributed by atoms with Crippen LogP contribution in [0.15, 0.2) is 42.7 Å². The molecule has 0 fully saturated rings. The fraction of sp³-hybridized carbons (Fsp3) is 0.0667. The maximum absolute atomic E-state index is 9.32. The van der Waals surface area contributed by atoms with Crippen molar-refractivity contribution in [3.8, 4) is 6.07 Å². The molecule has 94 valence electrons. The third-order valence-electron chi connectivity index (χ3n) is 2.89. The van der Waals surface area contributed by atoms with Gasteiger partial charge in [-0.3, -0.25) is 4.98 Å². The minimum Gasteiger partial charge on any atom is -0.397 e. The standard InChI is InChI=1S/C15H12ClN3/c1-10-12(5-2-6-14(10)16)15(18)13(8-17)11-4-3-7-19-9-11/h2-7,9H,18H2,1H3/b15-13+. The van der Waals surface area contributed by atoms with E-state index in [1.165, 1.54) is 0 Å². The summed E-state index contributed by atoms with van der Waals surface area (Å²) in [4.78, 5) is 4.00. The zero-order chi connectivity index (χ0) is 13.8. The molecule has 2 aromatic rings. The molecule has 2 N–H and O–H groups in total. The van der Waals surface area contributed by atoms with Crippen molar-refractivity contribution < 1.29 is 0 Å². The van der Waals surface area contributed by atoms with Crippen molar-refractivity contribution in [1.82, 2.24) is 4.98 Å². The van der Waals surface area contributed by atoms with Gasteiger partial charge in [-0.15, -0.1) is 0 Å². The van der Waals surface area contributed by atoms with E-state index in [0.717, 1.165) is 11.1 Å². The van der Waals surface area contributed by atoms with Crippen LogP contribution >= 0.6 is 11.6 Å². The van der Waals surface area contributed by atoms with Gasteiger partial charge >= 0.3 is 0 Å². The van der Waals surface area contributed by atoms with Crippen LogP contribution in [0.5, 0.6) is 0 Å². The summed E-state index contributed by atoms with van der Waals surface area (Å²) in [7, 11) is 0. The second-order valence-corrected chi connectivity index (χ2v) is 4.46. The first-order valence-electron chi connectivity index (χ1n) is 5.71. The molecule has 0 aliphatic rings. The normalized spacial score (nSPS) is 11.6. The lowest BCUT2D eigenvalue weighted by Crippen LogP contribution is -2.03. The van der Waals surface area contributed by atoms with Crippen LogP contribution < -0.4 is 5.73 Å². The molecule has 1 aromatic carbocycles. The number of nitrogens with two attached hydrogens (primary N) is 1. The van der Waals surface area contributed by atoms with Crippen molar-refractivity contribution in [3.05, 3.63) is 64.4 Å². The van der Waals surface area contributed by atoms with E-state index in [0.29, 0.717) is 21.9 Å². The number of allylic oxidation sites excluding steroid dienone is 1. The van der Waals surface area contributed by atoms with E-state index in [2.05, 4.69) is 11.1 Å². The molecule has 0 unspecified atom stereocenters. The molecular weight excluding hydrogens is 258 g/mol. The molecule has 0 saturated heterocycles. The van der Waals surface area contributed by atoms with Crippen LogP contribution in [0.2, 0.25) is 5.02 Å². The highest BCUT2D eigenvalue weighted by atomic mass is 35.5. The Bertz CT molecular complexity index is 670. The summed E-state index contributed by atoms with van der Waals surface area (Å²) < 4.78 is 0. The van der Waals surface area contributed by atoms with Crippen molar-refractivity contribution in [2.24, 2.45) is 5.73 Å². The molecule has 4 heteroatoms. The molecule has 1 heterocycles. The predicted molar refractivity (Wildman–Crippen MR) is 77.0 cm³/mol. The summed E-state index contributed by atoms with van der Waals surface area (Å²) in [5.74, 6) is 0. The predicted octanol–water partition coefficient (Wildman–Crippen LogP) is 3.39. The smallest absolute Gasteiger partial charge is 0.102 e. The molecule has 0 aliphatic heterocycles. The fourth-order valence-corrected chi connectivity index (χ4v) is 2.00. The molecule has 0 atom stereocenters. The average molecular weight is 270 g/mol. The van der Waals surface area contributed by atoms with Gasteiger partial charge in [-0.05, 0) is 24.6 Å². The SMILES string of the molecule is Cc1c(Cl)cccc1/C(N)=C(/C#N)c1cccnc1. The summed E-state index contributed by atoms with van der Waals surface area (Å²) in [6.07, 6.45) is 3.27. The molecule has 0 saturated carbocycles. The summed E-state index contributed by atoms with van der Waals surface area (Å²) >= 11 is 6.08. The van der Waals surface area contributed by atoms with E-state index in [-0.39, 0.29) is 0 Å². The number of nitrogens with zero attached hydrogens (tertiary/aromatic N) is 2. The molecule has 2 rings (SSSR count). The topological polar surface area (TPSA) is 62.7 Å². The van der Waals surface area contributed by atoms with E-state index >= 15 is 0 Å². The Kier molecular flexibility index (Phi) is 3.84. The fourth-order valence-electron chi connectivity index (χ4n) is 1.82. The van der Waals surface area contributed by atoms with Gasteiger partial charge in [0.05, 0.1) is 11.3 Å². The Morgan fingerprint density at radius 3 is 2.74 bits per heavy atom. The monoisotopic (exact) mass is 269 g/mol. The van der Waals surface area contributed by atoms with E-state index < -0.39 is 0 Å². The minimum atomic E-state index is 0.401. The van der Waals surface area contributed by atoms with E-state index in [9.17, 15) is 5.26 Å². The second kappa shape index (κ2) is 5.55. The Labute approximate surface area is 117 Å². The molecule has 0 aliphatic carbocycles. The van der Waals surface area contributed by atoms with Crippen molar-refractivity contribution in [1.29, 1.82) is 5.26 Å². The second-order valence-electron chi connectivity index (χ2n) is 4.05. The van der Waals surface area contributed by atoms with Crippen LogP contribution in [-0.4, -0.2) is 4.98 Å². The van der Waals surface area contributed by atoms with Gasteiger partial charge in [-0.2, -0.15) is 5.26 Å². The maximum atomic E-state index is 9.32. The highest BCUT2D eigenvalue weighted by Crippen LogP contribution is 2.27. The molecule has 1 aromatic heterocycles. The minimum absolute atomic E-state index is 0.401. The number of halogens is 1. The third-order valence-corrected chi connectivity index (χ3v) is 3.30. The molecule has 0 bridgehead atoms. The summed E-state index contributed by atoms with van der Waals surface area (Å²) in [6.45, 7) is 1.88. The zero-order valence-corrected chi connectivity index (χ0v) is 11.1. The van der Waals surface area contributed by atoms with Crippen LogP contribution in [0.4, 0.5) is 0 Å². The molecule has 3 nitrogen and oxygen atoms in total. The quantitative estimate of drug-likeness (QED) is 0.850. The van der Waals surface area contributed by atoms with Gasteiger partial charge in [-0.1, -0.05) is 29.8 Å². The van der Waals surface area contributed by atoms with Crippen molar-refractivity contribution >= 4 is 22.9 Å². The number of rotatable bonds is 2. The van der Waals surface area contributed by atoms with Crippen molar-refractivity contribution in [2.75, 3.05) is 0 Å². The van der Waals surface area contributed by atoms with E-state index in [4.69, 9.17) is 17.3 Å². The highest BCUT2D eigenvalue weighted by molar-refractivity contribution is 6.31. The average Bonchev–Trinajstić information content (AvgIpc) is 2.44. The molecule has 0 radical (unpaired) electrons. The van der Waals surface area contributed by atoms with Crippen molar-refractivity contribution in [3.63, 3.8) is 0 Å². The zero-order valence-electron chi connectivity index (χ0n) is 10.4.